The van der Waals surface area contributed by atoms with E-state index in [2.05, 4.69) is 0 Å². The maximum absolute atomic E-state index is 13.0. The van der Waals surface area contributed by atoms with E-state index in [1.54, 1.807) is 24.3 Å². The third-order valence-electron chi connectivity index (χ3n) is 4.41. The Morgan fingerprint density at radius 3 is 2.41 bits per heavy atom. The minimum Gasteiger partial charge on any atom is -0.484 e. The van der Waals surface area contributed by atoms with Crippen LogP contribution in [-0.4, -0.2) is 43.4 Å². The van der Waals surface area contributed by atoms with E-state index in [4.69, 9.17) is 16.3 Å². The van der Waals surface area contributed by atoms with Crippen molar-refractivity contribution < 1.29 is 22.3 Å². The highest BCUT2D eigenvalue weighted by Crippen LogP contribution is 2.21. The molecule has 2 aromatic rings. The van der Waals surface area contributed by atoms with E-state index < -0.39 is 21.7 Å². The molecule has 1 amide bonds. The Kier molecular flexibility index (Phi) is 6.01. The van der Waals surface area contributed by atoms with E-state index in [0.29, 0.717) is 17.2 Å². The molecule has 3 rings (SSSR count). The number of ether oxygens (including phenoxy) is 1. The van der Waals surface area contributed by atoms with Gasteiger partial charge in [0.1, 0.15) is 11.6 Å². The summed E-state index contributed by atoms with van der Waals surface area (Å²) in [5, 5.41) is 0.583. The van der Waals surface area contributed by atoms with Gasteiger partial charge in [-0.2, -0.15) is 0 Å². The van der Waals surface area contributed by atoms with Crippen molar-refractivity contribution in [2.45, 2.75) is 19.0 Å². The zero-order valence-electron chi connectivity index (χ0n) is 14.5. The van der Waals surface area contributed by atoms with Crippen LogP contribution < -0.4 is 4.74 Å². The first kappa shape index (κ1) is 19.6. The van der Waals surface area contributed by atoms with Gasteiger partial charge in [0, 0.05) is 17.6 Å². The average Bonchev–Trinajstić information content (AvgIpc) is 3.00. The van der Waals surface area contributed by atoms with Crippen LogP contribution in [-0.2, 0) is 21.2 Å². The van der Waals surface area contributed by atoms with Crippen molar-refractivity contribution in [2.24, 2.45) is 0 Å². The maximum atomic E-state index is 13.0. The number of hydrogen-bond acceptors (Lipinski definition) is 4. The molecule has 0 saturated carbocycles. The predicted molar refractivity (Wildman–Crippen MR) is 101 cm³/mol. The molecule has 2 aromatic carbocycles. The lowest BCUT2D eigenvalue weighted by Crippen LogP contribution is -2.43. The quantitative estimate of drug-likeness (QED) is 0.732. The minimum atomic E-state index is -3.14. The Morgan fingerprint density at radius 1 is 1.15 bits per heavy atom. The number of carbonyl (C=O) groups is 1. The molecule has 27 heavy (non-hydrogen) atoms. The first-order valence-corrected chi connectivity index (χ1v) is 10.6. The Bertz CT molecular complexity index is 900. The predicted octanol–water partition coefficient (Wildman–Crippen LogP) is 3.07. The van der Waals surface area contributed by atoms with Gasteiger partial charge in [0.2, 0.25) is 0 Å². The zero-order chi connectivity index (χ0) is 19.4. The molecule has 0 aliphatic carbocycles. The van der Waals surface area contributed by atoms with E-state index >= 15 is 0 Å². The Hall–Kier alpha value is -2.12. The molecular weight excluding hydrogens is 393 g/mol. The molecule has 1 atom stereocenters. The van der Waals surface area contributed by atoms with E-state index in [1.807, 2.05) is 0 Å². The summed E-state index contributed by atoms with van der Waals surface area (Å²) < 4.78 is 42.1. The summed E-state index contributed by atoms with van der Waals surface area (Å²) >= 11 is 5.90. The van der Waals surface area contributed by atoms with E-state index in [1.165, 1.54) is 29.2 Å². The fourth-order valence-electron chi connectivity index (χ4n) is 2.99. The van der Waals surface area contributed by atoms with Crippen molar-refractivity contribution in [1.29, 1.82) is 0 Å². The van der Waals surface area contributed by atoms with Crippen LogP contribution in [0.1, 0.15) is 12.0 Å². The first-order valence-electron chi connectivity index (χ1n) is 8.45. The molecule has 0 N–H and O–H groups in total. The summed E-state index contributed by atoms with van der Waals surface area (Å²) in [6.07, 6.45) is 0.401. The number of rotatable bonds is 6. The van der Waals surface area contributed by atoms with Crippen LogP contribution in [0.15, 0.2) is 48.5 Å². The molecular formula is C19H19ClFNO4S. The first-order chi connectivity index (χ1) is 12.8. The van der Waals surface area contributed by atoms with Crippen molar-refractivity contribution in [3.05, 3.63) is 64.9 Å². The van der Waals surface area contributed by atoms with Crippen molar-refractivity contribution in [3.63, 3.8) is 0 Å². The standard InChI is InChI=1S/C19H19ClFNO4S/c20-15-3-1-14(2-4-15)11-22(17-9-10-27(24,25)13-17)19(23)12-26-18-7-5-16(21)6-8-18/h1-8,17H,9-13H2/t17-/m0/s1. The second kappa shape index (κ2) is 8.27. The second-order valence-corrected chi connectivity index (χ2v) is 9.11. The van der Waals surface area contributed by atoms with Gasteiger partial charge in [-0.25, -0.2) is 12.8 Å². The number of halogens is 2. The Balaban J connectivity index is 1.72. The van der Waals surface area contributed by atoms with Crippen LogP contribution in [0.3, 0.4) is 0 Å². The van der Waals surface area contributed by atoms with E-state index in [-0.39, 0.29) is 30.6 Å². The third-order valence-corrected chi connectivity index (χ3v) is 6.41. The normalized spacial score (nSPS) is 18.2. The summed E-state index contributed by atoms with van der Waals surface area (Å²) in [6, 6.07) is 12.0. The summed E-state index contributed by atoms with van der Waals surface area (Å²) in [7, 11) is -3.14. The molecule has 144 valence electrons. The van der Waals surface area contributed by atoms with Gasteiger partial charge >= 0.3 is 0 Å². The van der Waals surface area contributed by atoms with Gasteiger partial charge in [-0.3, -0.25) is 4.79 Å². The average molecular weight is 412 g/mol. The monoisotopic (exact) mass is 411 g/mol. The molecule has 1 aliphatic heterocycles. The highest BCUT2D eigenvalue weighted by atomic mass is 35.5. The van der Waals surface area contributed by atoms with Gasteiger partial charge < -0.3 is 9.64 Å². The number of nitrogens with zero attached hydrogens (tertiary/aromatic N) is 1. The number of hydrogen-bond donors (Lipinski definition) is 0. The number of amides is 1. The van der Waals surface area contributed by atoms with E-state index in [0.717, 1.165) is 5.56 Å². The smallest absolute Gasteiger partial charge is 0.261 e. The lowest BCUT2D eigenvalue weighted by atomic mass is 10.1. The molecule has 0 bridgehead atoms. The second-order valence-electron chi connectivity index (χ2n) is 6.45. The highest BCUT2D eigenvalue weighted by molar-refractivity contribution is 7.91. The largest absolute Gasteiger partial charge is 0.484 e. The van der Waals surface area contributed by atoms with Gasteiger partial charge in [-0.1, -0.05) is 23.7 Å². The molecule has 8 heteroatoms. The molecule has 0 aromatic heterocycles. The number of sulfone groups is 1. The van der Waals surface area contributed by atoms with Gasteiger partial charge in [-0.15, -0.1) is 0 Å². The highest BCUT2D eigenvalue weighted by Gasteiger charge is 2.34. The molecule has 1 aliphatic rings. The number of carbonyl (C=O) groups excluding carboxylic acids is 1. The third kappa shape index (κ3) is 5.43. The molecule has 5 nitrogen and oxygen atoms in total. The van der Waals surface area contributed by atoms with E-state index in [9.17, 15) is 17.6 Å². The lowest BCUT2D eigenvalue weighted by molar-refractivity contribution is -0.136. The summed E-state index contributed by atoms with van der Waals surface area (Å²) in [5.74, 6) is -0.329. The fourth-order valence-corrected chi connectivity index (χ4v) is 4.84. The maximum Gasteiger partial charge on any atom is 0.261 e. The summed E-state index contributed by atoms with van der Waals surface area (Å²) in [4.78, 5) is 14.3. The van der Waals surface area contributed by atoms with Crippen LogP contribution in [0.25, 0.3) is 0 Å². The topological polar surface area (TPSA) is 63.7 Å². The van der Waals surface area contributed by atoms with Crippen LogP contribution in [0.2, 0.25) is 5.02 Å². The molecule has 0 radical (unpaired) electrons. The molecule has 1 saturated heterocycles. The Morgan fingerprint density at radius 2 is 1.81 bits per heavy atom. The van der Waals surface area contributed by atoms with Gasteiger partial charge in [0.05, 0.1) is 11.5 Å². The zero-order valence-corrected chi connectivity index (χ0v) is 16.0. The van der Waals surface area contributed by atoms with Gasteiger partial charge in [0.15, 0.2) is 16.4 Å². The van der Waals surface area contributed by atoms with Crippen LogP contribution >= 0.6 is 11.6 Å². The minimum absolute atomic E-state index is 0.0527. The number of benzene rings is 2. The van der Waals surface area contributed by atoms with Crippen molar-refractivity contribution in [1.82, 2.24) is 4.90 Å². The van der Waals surface area contributed by atoms with Crippen LogP contribution in [0.5, 0.6) is 5.75 Å². The molecule has 1 heterocycles. The summed E-state index contributed by atoms with van der Waals surface area (Å²) in [6.45, 7) is 0.0126. The van der Waals surface area contributed by atoms with Crippen molar-refractivity contribution in [3.8, 4) is 5.75 Å². The molecule has 1 fully saturated rings. The SMILES string of the molecule is O=C(COc1ccc(F)cc1)N(Cc1ccc(Cl)cc1)[C@H]1CCS(=O)(=O)C1. The Labute approximate surface area is 162 Å². The van der Waals surface area contributed by atoms with Crippen LogP contribution in [0, 0.1) is 5.82 Å². The van der Waals surface area contributed by atoms with Crippen molar-refractivity contribution in [2.75, 3.05) is 18.1 Å². The fraction of sp³-hybridized carbons (Fsp3) is 0.316. The van der Waals surface area contributed by atoms with Gasteiger partial charge in [-0.05, 0) is 48.4 Å². The molecule has 0 unspecified atom stereocenters. The lowest BCUT2D eigenvalue weighted by Gasteiger charge is -2.28. The summed E-state index contributed by atoms with van der Waals surface area (Å²) in [5.41, 5.74) is 0.846. The molecule has 0 spiro atoms. The van der Waals surface area contributed by atoms with Gasteiger partial charge in [0.25, 0.3) is 5.91 Å². The van der Waals surface area contributed by atoms with Crippen LogP contribution in [0.4, 0.5) is 4.39 Å². The van der Waals surface area contributed by atoms with Crippen molar-refractivity contribution >= 4 is 27.3 Å².